The van der Waals surface area contributed by atoms with Gasteiger partial charge in [0, 0.05) is 24.5 Å². The number of ether oxygens (including phenoxy) is 1. The number of carbonyl (C=O) groups excluding carboxylic acids is 2. The summed E-state index contributed by atoms with van der Waals surface area (Å²) in [5, 5.41) is 6.31. The Labute approximate surface area is 171 Å². The van der Waals surface area contributed by atoms with Crippen LogP contribution in [0, 0.1) is 5.92 Å². The van der Waals surface area contributed by atoms with Gasteiger partial charge in [-0.1, -0.05) is 18.2 Å². The number of anilines is 2. The van der Waals surface area contributed by atoms with Gasteiger partial charge >= 0.3 is 0 Å². The molecule has 2 heterocycles. The molecule has 2 amide bonds. The van der Waals surface area contributed by atoms with Crippen molar-refractivity contribution >= 4 is 23.2 Å². The van der Waals surface area contributed by atoms with Crippen LogP contribution in [-0.4, -0.2) is 38.6 Å². The molecule has 2 N–H and O–H groups in total. The monoisotopic (exact) mass is 393 g/mol. The van der Waals surface area contributed by atoms with Crippen molar-refractivity contribution in [1.82, 2.24) is 5.32 Å². The third kappa shape index (κ3) is 4.43. The number of nitrogens with one attached hydrogen (secondary N) is 2. The second-order valence-corrected chi connectivity index (χ2v) is 7.70. The lowest BCUT2D eigenvalue weighted by Gasteiger charge is -2.22. The topological polar surface area (TPSA) is 70.7 Å². The van der Waals surface area contributed by atoms with E-state index in [1.807, 2.05) is 47.4 Å². The number of carbonyl (C=O) groups is 2. The van der Waals surface area contributed by atoms with Gasteiger partial charge in [-0.25, -0.2) is 0 Å². The molecule has 152 valence electrons. The fourth-order valence-electron chi connectivity index (χ4n) is 4.09. The summed E-state index contributed by atoms with van der Waals surface area (Å²) in [5.41, 5.74) is 3.72. The average Bonchev–Trinajstić information content (AvgIpc) is 3.18. The van der Waals surface area contributed by atoms with Crippen molar-refractivity contribution < 1.29 is 14.3 Å². The first-order valence-corrected chi connectivity index (χ1v) is 10.2. The van der Waals surface area contributed by atoms with Gasteiger partial charge in [-0.05, 0) is 61.2 Å². The second kappa shape index (κ2) is 8.66. The van der Waals surface area contributed by atoms with Crippen LogP contribution in [0.2, 0.25) is 0 Å². The first-order valence-electron chi connectivity index (χ1n) is 10.2. The summed E-state index contributed by atoms with van der Waals surface area (Å²) in [4.78, 5) is 27.3. The minimum absolute atomic E-state index is 0.00259. The summed E-state index contributed by atoms with van der Waals surface area (Å²) >= 11 is 0. The van der Waals surface area contributed by atoms with Crippen LogP contribution >= 0.6 is 0 Å². The van der Waals surface area contributed by atoms with Crippen molar-refractivity contribution in [1.29, 1.82) is 0 Å². The van der Waals surface area contributed by atoms with Gasteiger partial charge in [-0.2, -0.15) is 0 Å². The number of piperidine rings is 1. The predicted octanol–water partition coefficient (Wildman–Crippen LogP) is 2.77. The number of nitrogens with zero attached hydrogens (tertiary/aromatic N) is 1. The van der Waals surface area contributed by atoms with Crippen LogP contribution in [0.5, 0.6) is 5.75 Å². The molecule has 0 radical (unpaired) electrons. The van der Waals surface area contributed by atoms with Crippen LogP contribution in [0.25, 0.3) is 0 Å². The smallest absolute Gasteiger partial charge is 0.231 e. The molecule has 6 heteroatoms. The fourth-order valence-corrected chi connectivity index (χ4v) is 4.09. The summed E-state index contributed by atoms with van der Waals surface area (Å²) in [6, 6.07) is 13.5. The zero-order chi connectivity index (χ0) is 20.2. The van der Waals surface area contributed by atoms with Crippen LogP contribution < -0.4 is 20.3 Å². The molecule has 0 spiro atoms. The molecule has 29 heavy (non-hydrogen) atoms. The molecule has 0 aliphatic carbocycles. The molecule has 1 fully saturated rings. The minimum Gasteiger partial charge on any atom is -0.497 e. The highest BCUT2D eigenvalue weighted by atomic mass is 16.5. The molecule has 1 unspecified atom stereocenters. The average molecular weight is 393 g/mol. The van der Waals surface area contributed by atoms with E-state index in [9.17, 15) is 9.59 Å². The van der Waals surface area contributed by atoms with Crippen molar-refractivity contribution in [3.05, 3.63) is 53.6 Å². The van der Waals surface area contributed by atoms with Gasteiger partial charge in [-0.15, -0.1) is 0 Å². The normalized spacial score (nSPS) is 18.2. The van der Waals surface area contributed by atoms with Crippen LogP contribution in [0.15, 0.2) is 42.5 Å². The summed E-state index contributed by atoms with van der Waals surface area (Å²) in [6.45, 7) is 2.37. The molecule has 6 nitrogen and oxygen atoms in total. The van der Waals surface area contributed by atoms with E-state index in [4.69, 9.17) is 4.74 Å². The Kier molecular flexibility index (Phi) is 5.81. The van der Waals surface area contributed by atoms with Gasteiger partial charge in [0.1, 0.15) is 5.75 Å². The number of methoxy groups -OCH3 is 1. The van der Waals surface area contributed by atoms with Gasteiger partial charge in [-0.3, -0.25) is 9.59 Å². The van der Waals surface area contributed by atoms with Crippen LogP contribution in [0.1, 0.15) is 24.0 Å². The first kappa shape index (κ1) is 19.5. The van der Waals surface area contributed by atoms with Crippen LogP contribution in [-0.2, 0) is 22.4 Å². The van der Waals surface area contributed by atoms with Gasteiger partial charge in [0.15, 0.2) is 0 Å². The maximum atomic E-state index is 12.9. The standard InChI is InChI=1S/C23H27N3O3/c1-29-20-6-2-4-16(12-20)13-22(27)26-11-9-17-7-8-19(14-21(17)26)25-23(28)18-5-3-10-24-15-18/h2,4,6-8,12,14,18,24H,3,5,9-11,13,15H2,1H3,(H,25,28). The Bertz CT molecular complexity index is 906. The summed E-state index contributed by atoms with van der Waals surface area (Å²) in [7, 11) is 1.62. The number of hydrogen-bond acceptors (Lipinski definition) is 4. The molecular formula is C23H27N3O3. The molecule has 0 bridgehead atoms. The number of fused-ring (bicyclic) bond motifs is 1. The number of benzene rings is 2. The van der Waals surface area contributed by atoms with Crippen LogP contribution in [0.3, 0.4) is 0 Å². The van der Waals surface area contributed by atoms with Crippen molar-refractivity contribution in [3.8, 4) is 5.75 Å². The zero-order valence-electron chi connectivity index (χ0n) is 16.7. The van der Waals surface area contributed by atoms with Gasteiger partial charge in [0.25, 0.3) is 0 Å². The lowest BCUT2D eigenvalue weighted by molar-refractivity contribution is -0.120. The third-order valence-corrected chi connectivity index (χ3v) is 5.71. The second-order valence-electron chi connectivity index (χ2n) is 7.70. The van der Waals surface area contributed by atoms with E-state index in [1.54, 1.807) is 7.11 Å². The molecule has 2 aromatic carbocycles. The predicted molar refractivity (Wildman–Crippen MR) is 113 cm³/mol. The van der Waals surface area contributed by atoms with Gasteiger partial charge in [0.05, 0.1) is 19.4 Å². The number of amides is 2. The van der Waals surface area contributed by atoms with E-state index in [1.165, 1.54) is 0 Å². The van der Waals surface area contributed by atoms with Gasteiger partial charge in [0.2, 0.25) is 11.8 Å². The number of hydrogen-bond donors (Lipinski definition) is 2. The highest BCUT2D eigenvalue weighted by molar-refractivity contribution is 5.99. The van der Waals surface area contributed by atoms with E-state index in [0.29, 0.717) is 13.0 Å². The van der Waals surface area contributed by atoms with Crippen molar-refractivity contribution in [2.24, 2.45) is 5.92 Å². The lowest BCUT2D eigenvalue weighted by Crippen LogP contribution is -2.37. The largest absolute Gasteiger partial charge is 0.497 e. The van der Waals surface area contributed by atoms with Gasteiger partial charge < -0.3 is 20.3 Å². The van der Waals surface area contributed by atoms with E-state index >= 15 is 0 Å². The Hall–Kier alpha value is -2.86. The molecule has 4 rings (SSSR count). The molecule has 0 aromatic heterocycles. The highest BCUT2D eigenvalue weighted by Crippen LogP contribution is 2.32. The summed E-state index contributed by atoms with van der Waals surface area (Å²) < 4.78 is 5.25. The van der Waals surface area contributed by atoms with E-state index in [2.05, 4.69) is 10.6 Å². The molecule has 1 atom stereocenters. The Morgan fingerprint density at radius 2 is 2.14 bits per heavy atom. The molecule has 0 saturated carbocycles. The Morgan fingerprint density at radius 3 is 2.93 bits per heavy atom. The maximum absolute atomic E-state index is 12.9. The van der Waals surface area contributed by atoms with E-state index in [-0.39, 0.29) is 17.7 Å². The summed E-state index contributed by atoms with van der Waals surface area (Å²) in [5.74, 6) is 0.850. The molecule has 2 aliphatic heterocycles. The van der Waals surface area contributed by atoms with E-state index in [0.717, 1.165) is 60.6 Å². The van der Waals surface area contributed by atoms with Crippen molar-refractivity contribution in [3.63, 3.8) is 0 Å². The van der Waals surface area contributed by atoms with Crippen molar-refractivity contribution in [2.45, 2.75) is 25.7 Å². The highest BCUT2D eigenvalue weighted by Gasteiger charge is 2.26. The molecule has 1 saturated heterocycles. The van der Waals surface area contributed by atoms with E-state index < -0.39 is 0 Å². The maximum Gasteiger partial charge on any atom is 0.231 e. The molecular weight excluding hydrogens is 366 g/mol. The fraction of sp³-hybridized carbons (Fsp3) is 0.391. The van der Waals surface area contributed by atoms with Crippen LogP contribution in [0.4, 0.5) is 11.4 Å². The first-order chi connectivity index (χ1) is 14.1. The lowest BCUT2D eigenvalue weighted by atomic mass is 9.98. The quantitative estimate of drug-likeness (QED) is 0.820. The third-order valence-electron chi connectivity index (χ3n) is 5.71. The van der Waals surface area contributed by atoms with Crippen molar-refractivity contribution in [2.75, 3.05) is 37.0 Å². The Morgan fingerprint density at radius 1 is 1.24 bits per heavy atom. The zero-order valence-corrected chi connectivity index (χ0v) is 16.7. The summed E-state index contributed by atoms with van der Waals surface area (Å²) in [6.07, 6.45) is 3.09. The minimum atomic E-state index is 0.00259. The molecule has 2 aliphatic rings. The Balaban J connectivity index is 1.46. The molecule has 2 aromatic rings. The SMILES string of the molecule is COc1cccc(CC(=O)N2CCc3ccc(NC(=O)C4CCCNC4)cc32)c1. The number of rotatable bonds is 5.